The summed E-state index contributed by atoms with van der Waals surface area (Å²) in [5, 5.41) is 11.7. The average Bonchev–Trinajstić information content (AvgIpc) is 2.95. The highest BCUT2D eigenvalue weighted by Gasteiger charge is 2.44. The maximum Gasteiger partial charge on any atom is 0.186 e. The zero-order valence-corrected chi connectivity index (χ0v) is 16.4. The molecule has 0 aromatic heterocycles. The van der Waals surface area contributed by atoms with E-state index < -0.39 is 24.6 Å². The topological polar surface area (TPSA) is 57.2 Å². The van der Waals surface area contributed by atoms with Gasteiger partial charge in [0.15, 0.2) is 6.29 Å². The van der Waals surface area contributed by atoms with Crippen LogP contribution in [0.5, 0.6) is 0 Å². The highest BCUT2D eigenvalue weighted by Crippen LogP contribution is 2.26. The Morgan fingerprint density at radius 3 is 2.22 bits per heavy atom. The number of hydrogen-bond acceptors (Lipinski definition) is 5. The van der Waals surface area contributed by atoms with Crippen LogP contribution in [0.2, 0.25) is 10.0 Å². The van der Waals surface area contributed by atoms with Gasteiger partial charge in [0.05, 0.1) is 19.8 Å². The van der Waals surface area contributed by atoms with Gasteiger partial charge in [0.2, 0.25) is 0 Å². The Morgan fingerprint density at radius 2 is 1.63 bits per heavy atom. The molecular weight excluding hydrogens is 391 g/mol. The molecule has 0 unspecified atom stereocenters. The Kier molecular flexibility index (Phi) is 7.49. The standard InChI is InChI=1S/C20H22Cl2O5/c1-24-20-18(23)19(26-11-14-5-3-7-16(22)9-14)17(27-20)12-25-10-13-4-2-6-15(21)8-13/h2-9,17-20,23H,10-12H2,1H3/t17-,18-,19-,20+/m1/s1. The second-order valence-electron chi connectivity index (χ2n) is 6.32. The second kappa shape index (κ2) is 9.85. The Hall–Kier alpha value is -1.18. The van der Waals surface area contributed by atoms with Gasteiger partial charge in [0, 0.05) is 17.2 Å². The summed E-state index contributed by atoms with van der Waals surface area (Å²) >= 11 is 12.0. The molecular formula is C20H22Cl2O5. The molecule has 0 radical (unpaired) electrons. The molecule has 7 heteroatoms. The fourth-order valence-corrected chi connectivity index (χ4v) is 3.40. The van der Waals surface area contributed by atoms with Crippen molar-refractivity contribution in [3.63, 3.8) is 0 Å². The van der Waals surface area contributed by atoms with Crippen molar-refractivity contribution >= 4 is 23.2 Å². The molecule has 1 aliphatic rings. The van der Waals surface area contributed by atoms with Crippen LogP contribution in [-0.4, -0.2) is 43.4 Å². The fourth-order valence-electron chi connectivity index (χ4n) is 2.98. The van der Waals surface area contributed by atoms with Crippen LogP contribution in [0.1, 0.15) is 11.1 Å². The van der Waals surface area contributed by atoms with Crippen molar-refractivity contribution in [3.8, 4) is 0 Å². The van der Waals surface area contributed by atoms with E-state index in [1.807, 2.05) is 42.5 Å². The van der Waals surface area contributed by atoms with Gasteiger partial charge in [-0.05, 0) is 35.4 Å². The van der Waals surface area contributed by atoms with E-state index in [1.165, 1.54) is 7.11 Å². The zero-order chi connectivity index (χ0) is 19.2. The Morgan fingerprint density at radius 1 is 1.00 bits per heavy atom. The van der Waals surface area contributed by atoms with Gasteiger partial charge in [-0.15, -0.1) is 0 Å². The predicted octanol–water partition coefficient (Wildman–Crippen LogP) is 3.83. The largest absolute Gasteiger partial charge is 0.385 e. The predicted molar refractivity (Wildman–Crippen MR) is 103 cm³/mol. The molecule has 3 rings (SSSR count). The van der Waals surface area contributed by atoms with Gasteiger partial charge in [0.25, 0.3) is 0 Å². The minimum atomic E-state index is -0.908. The molecule has 0 spiro atoms. The summed E-state index contributed by atoms with van der Waals surface area (Å²) in [6.07, 6.45) is -2.69. The van der Waals surface area contributed by atoms with Crippen LogP contribution in [0.15, 0.2) is 48.5 Å². The van der Waals surface area contributed by atoms with Crippen LogP contribution < -0.4 is 0 Å². The molecule has 0 bridgehead atoms. The average molecular weight is 413 g/mol. The van der Waals surface area contributed by atoms with Gasteiger partial charge < -0.3 is 24.1 Å². The van der Waals surface area contributed by atoms with Crippen LogP contribution in [0.3, 0.4) is 0 Å². The quantitative estimate of drug-likeness (QED) is 0.713. The lowest BCUT2D eigenvalue weighted by molar-refractivity contribution is -0.156. The molecule has 4 atom stereocenters. The Bertz CT molecular complexity index is 742. The van der Waals surface area contributed by atoms with Gasteiger partial charge >= 0.3 is 0 Å². The number of rotatable bonds is 8. The van der Waals surface area contributed by atoms with Crippen molar-refractivity contribution in [2.45, 2.75) is 37.8 Å². The summed E-state index contributed by atoms with van der Waals surface area (Å²) < 4.78 is 22.6. The number of halogens is 2. The van der Waals surface area contributed by atoms with Crippen molar-refractivity contribution in [2.24, 2.45) is 0 Å². The highest BCUT2D eigenvalue weighted by atomic mass is 35.5. The second-order valence-corrected chi connectivity index (χ2v) is 7.19. The minimum Gasteiger partial charge on any atom is -0.385 e. The monoisotopic (exact) mass is 412 g/mol. The molecule has 1 saturated heterocycles. The summed E-state index contributed by atoms with van der Waals surface area (Å²) in [4.78, 5) is 0. The van der Waals surface area contributed by atoms with Gasteiger partial charge in [0.1, 0.15) is 18.3 Å². The lowest BCUT2D eigenvalue weighted by Gasteiger charge is -2.21. The van der Waals surface area contributed by atoms with Gasteiger partial charge in [-0.2, -0.15) is 0 Å². The number of aliphatic hydroxyl groups excluding tert-OH is 1. The maximum atomic E-state index is 10.4. The molecule has 27 heavy (non-hydrogen) atoms. The first kappa shape index (κ1) is 20.6. The molecule has 5 nitrogen and oxygen atoms in total. The summed E-state index contributed by atoms with van der Waals surface area (Å²) in [5.74, 6) is 0. The van der Waals surface area contributed by atoms with E-state index in [0.29, 0.717) is 23.3 Å². The van der Waals surface area contributed by atoms with Crippen LogP contribution in [0.4, 0.5) is 0 Å². The molecule has 1 fully saturated rings. The van der Waals surface area contributed by atoms with E-state index in [1.54, 1.807) is 6.07 Å². The lowest BCUT2D eigenvalue weighted by Crippen LogP contribution is -2.37. The molecule has 1 N–H and O–H groups in total. The van der Waals surface area contributed by atoms with Gasteiger partial charge in [-0.25, -0.2) is 0 Å². The molecule has 146 valence electrons. The van der Waals surface area contributed by atoms with E-state index in [4.69, 9.17) is 42.1 Å². The van der Waals surface area contributed by atoms with E-state index in [0.717, 1.165) is 11.1 Å². The summed E-state index contributed by atoms with van der Waals surface area (Å²) in [5.41, 5.74) is 1.87. The number of ether oxygens (including phenoxy) is 4. The van der Waals surface area contributed by atoms with Crippen LogP contribution >= 0.6 is 23.2 Å². The first-order valence-corrected chi connectivity index (χ1v) is 9.37. The van der Waals surface area contributed by atoms with Crippen LogP contribution in [0.25, 0.3) is 0 Å². The minimum absolute atomic E-state index is 0.254. The third-order valence-corrected chi connectivity index (χ3v) is 4.76. The van der Waals surface area contributed by atoms with E-state index >= 15 is 0 Å². The first-order valence-electron chi connectivity index (χ1n) is 8.61. The maximum absolute atomic E-state index is 10.4. The molecule has 2 aromatic carbocycles. The van der Waals surface area contributed by atoms with Crippen LogP contribution in [0, 0.1) is 0 Å². The molecule has 0 aliphatic carbocycles. The smallest absolute Gasteiger partial charge is 0.186 e. The third kappa shape index (κ3) is 5.65. The van der Waals surface area contributed by atoms with Crippen molar-refractivity contribution in [2.75, 3.05) is 13.7 Å². The van der Waals surface area contributed by atoms with Gasteiger partial charge in [-0.1, -0.05) is 47.5 Å². The van der Waals surface area contributed by atoms with E-state index in [2.05, 4.69) is 0 Å². The molecule has 1 heterocycles. The van der Waals surface area contributed by atoms with E-state index in [9.17, 15) is 5.11 Å². The lowest BCUT2D eigenvalue weighted by atomic mass is 10.1. The summed E-state index contributed by atoms with van der Waals surface area (Å²) in [7, 11) is 1.48. The van der Waals surface area contributed by atoms with E-state index in [-0.39, 0.29) is 6.61 Å². The number of hydrogen-bond donors (Lipinski definition) is 1. The number of methoxy groups -OCH3 is 1. The van der Waals surface area contributed by atoms with Crippen LogP contribution in [-0.2, 0) is 32.2 Å². The summed E-state index contributed by atoms with van der Waals surface area (Å²) in [6, 6.07) is 14.8. The zero-order valence-electron chi connectivity index (χ0n) is 14.9. The van der Waals surface area contributed by atoms with Gasteiger partial charge in [-0.3, -0.25) is 0 Å². The van der Waals surface area contributed by atoms with Crippen molar-refractivity contribution in [1.29, 1.82) is 0 Å². The third-order valence-electron chi connectivity index (χ3n) is 4.29. The SMILES string of the molecule is CO[C@H]1O[C@H](COCc2cccc(Cl)c2)[C@@H](OCc2cccc(Cl)c2)[C@H]1O. The molecule has 1 aliphatic heterocycles. The molecule has 0 amide bonds. The fraction of sp³-hybridized carbons (Fsp3) is 0.400. The molecule has 0 saturated carbocycles. The van der Waals surface area contributed by atoms with Crippen molar-refractivity contribution in [3.05, 3.63) is 69.7 Å². The van der Waals surface area contributed by atoms with Crippen molar-refractivity contribution in [1.82, 2.24) is 0 Å². The Balaban J connectivity index is 1.57. The highest BCUT2D eigenvalue weighted by molar-refractivity contribution is 6.30. The number of aliphatic hydroxyl groups is 1. The summed E-state index contributed by atoms with van der Waals surface area (Å²) in [6.45, 7) is 0.936. The molecule has 2 aromatic rings. The van der Waals surface area contributed by atoms with Crippen molar-refractivity contribution < 1.29 is 24.1 Å². The number of benzene rings is 2. The first-order chi connectivity index (χ1) is 13.1. The Labute approximate surface area is 168 Å². The normalized spacial score (nSPS) is 25.0.